The van der Waals surface area contributed by atoms with E-state index in [0.717, 1.165) is 0 Å². The van der Waals surface area contributed by atoms with Gasteiger partial charge in [0.1, 0.15) is 5.75 Å². The molecule has 1 aliphatic rings. The molecule has 1 aromatic rings. The topological polar surface area (TPSA) is 74.0 Å². The number of amidine groups is 1. The monoisotopic (exact) mass is 269 g/mol. The average molecular weight is 270 g/mol. The summed E-state index contributed by atoms with van der Waals surface area (Å²) in [6.45, 7) is 0. The van der Waals surface area contributed by atoms with E-state index in [-0.39, 0.29) is 11.7 Å². The molecule has 2 rings (SSSR count). The number of halogens is 1. The molecule has 0 aromatic heterocycles. The van der Waals surface area contributed by atoms with Crippen LogP contribution in [0.15, 0.2) is 28.3 Å². The van der Waals surface area contributed by atoms with Crippen molar-refractivity contribution >= 4 is 40.7 Å². The highest BCUT2D eigenvalue weighted by atomic mass is 35.5. The second kappa shape index (κ2) is 5.20. The molecule has 1 aromatic carbocycles. The summed E-state index contributed by atoms with van der Waals surface area (Å²) in [6, 6.07) is 4.73. The van der Waals surface area contributed by atoms with Crippen molar-refractivity contribution in [2.75, 3.05) is 5.75 Å². The fraction of sp³-hybridized carbons (Fsp3) is 0.100. The lowest BCUT2D eigenvalue weighted by Crippen LogP contribution is -2.25. The summed E-state index contributed by atoms with van der Waals surface area (Å²) >= 11 is 6.93. The van der Waals surface area contributed by atoms with Crippen LogP contribution in [0, 0.1) is 0 Å². The number of hydrogen-bond donors (Lipinski definition) is 2. The SMILES string of the molecule is O=C1CSC(N=Cc2ccc(Cl)cc2O)=NN1. The molecular weight excluding hydrogens is 262 g/mol. The van der Waals surface area contributed by atoms with E-state index in [2.05, 4.69) is 15.5 Å². The number of hydrogen-bond acceptors (Lipinski definition) is 5. The van der Waals surface area contributed by atoms with Gasteiger partial charge in [-0.15, -0.1) is 5.10 Å². The Kier molecular flexibility index (Phi) is 3.65. The number of carbonyl (C=O) groups excluding carboxylic acids is 1. The fourth-order valence-electron chi connectivity index (χ4n) is 1.12. The van der Waals surface area contributed by atoms with Crippen LogP contribution in [0.2, 0.25) is 5.02 Å². The Bertz CT molecular complexity index is 516. The Hall–Kier alpha value is -1.53. The lowest BCUT2D eigenvalue weighted by Gasteiger charge is -2.06. The summed E-state index contributed by atoms with van der Waals surface area (Å²) in [5.74, 6) is 0.193. The summed E-state index contributed by atoms with van der Waals surface area (Å²) in [4.78, 5) is 14.9. The van der Waals surface area contributed by atoms with Gasteiger partial charge < -0.3 is 5.11 Å². The Morgan fingerprint density at radius 2 is 2.41 bits per heavy atom. The molecule has 5 nitrogen and oxygen atoms in total. The van der Waals surface area contributed by atoms with Crippen LogP contribution in [0.25, 0.3) is 0 Å². The molecule has 0 unspecified atom stereocenters. The maximum Gasteiger partial charge on any atom is 0.250 e. The zero-order valence-electron chi connectivity index (χ0n) is 8.55. The Morgan fingerprint density at radius 1 is 1.59 bits per heavy atom. The molecule has 1 amide bonds. The van der Waals surface area contributed by atoms with E-state index in [4.69, 9.17) is 11.6 Å². The van der Waals surface area contributed by atoms with E-state index in [1.54, 1.807) is 12.1 Å². The minimum atomic E-state index is -0.150. The Balaban J connectivity index is 2.12. The molecular formula is C10H8ClN3O2S. The molecule has 0 saturated carbocycles. The maximum atomic E-state index is 10.8. The first-order valence-electron chi connectivity index (χ1n) is 4.67. The number of phenols is 1. The van der Waals surface area contributed by atoms with Gasteiger partial charge in [-0.3, -0.25) is 4.79 Å². The highest BCUT2D eigenvalue weighted by Crippen LogP contribution is 2.20. The molecule has 17 heavy (non-hydrogen) atoms. The quantitative estimate of drug-likeness (QED) is 0.761. The van der Waals surface area contributed by atoms with Crippen LogP contribution in [0.3, 0.4) is 0 Å². The van der Waals surface area contributed by atoms with E-state index in [9.17, 15) is 9.90 Å². The number of aromatic hydroxyl groups is 1. The summed E-state index contributed by atoms with van der Waals surface area (Å²) in [5.41, 5.74) is 2.86. The van der Waals surface area contributed by atoms with Crippen LogP contribution in [-0.2, 0) is 4.79 Å². The van der Waals surface area contributed by atoms with Crippen molar-refractivity contribution in [2.24, 2.45) is 10.1 Å². The number of nitrogens with zero attached hydrogens (tertiary/aromatic N) is 2. The minimum absolute atomic E-state index is 0.0479. The number of aliphatic imine (C=N–C) groups is 1. The third-order valence-corrected chi connectivity index (χ3v) is 3.01. The average Bonchev–Trinajstić information content (AvgIpc) is 2.30. The van der Waals surface area contributed by atoms with Gasteiger partial charge in [-0.1, -0.05) is 23.4 Å². The number of phenolic OH excluding ortho intramolecular Hbond substituents is 1. The smallest absolute Gasteiger partial charge is 0.250 e. The second-order valence-electron chi connectivity index (χ2n) is 3.18. The highest BCUT2D eigenvalue weighted by molar-refractivity contribution is 8.14. The summed E-state index contributed by atoms with van der Waals surface area (Å²) in [6.07, 6.45) is 1.47. The lowest BCUT2D eigenvalue weighted by molar-refractivity contribution is -0.118. The molecule has 1 heterocycles. The predicted molar refractivity (Wildman–Crippen MR) is 68.7 cm³/mol. The van der Waals surface area contributed by atoms with Gasteiger partial charge in [0.05, 0.1) is 5.75 Å². The van der Waals surface area contributed by atoms with Crippen molar-refractivity contribution in [2.45, 2.75) is 0 Å². The summed E-state index contributed by atoms with van der Waals surface area (Å²) in [7, 11) is 0. The van der Waals surface area contributed by atoms with Crippen LogP contribution in [0.1, 0.15) is 5.56 Å². The fourth-order valence-corrected chi connectivity index (χ4v) is 1.85. The number of benzene rings is 1. The molecule has 88 valence electrons. The van der Waals surface area contributed by atoms with Gasteiger partial charge in [0.15, 0.2) is 0 Å². The number of carbonyl (C=O) groups is 1. The van der Waals surface area contributed by atoms with E-state index >= 15 is 0 Å². The molecule has 0 saturated heterocycles. The van der Waals surface area contributed by atoms with Gasteiger partial charge in [-0.25, -0.2) is 10.4 Å². The zero-order valence-corrected chi connectivity index (χ0v) is 10.1. The van der Waals surface area contributed by atoms with E-state index in [0.29, 0.717) is 21.5 Å². The van der Waals surface area contributed by atoms with Gasteiger partial charge in [0.25, 0.3) is 5.91 Å². The van der Waals surface area contributed by atoms with E-state index < -0.39 is 0 Å². The van der Waals surface area contributed by atoms with Gasteiger partial charge in [0.2, 0.25) is 5.17 Å². The van der Waals surface area contributed by atoms with Crippen LogP contribution >= 0.6 is 23.4 Å². The van der Waals surface area contributed by atoms with Crippen molar-refractivity contribution in [1.82, 2.24) is 5.43 Å². The number of nitrogens with one attached hydrogen (secondary N) is 1. The van der Waals surface area contributed by atoms with E-state index in [1.807, 2.05) is 0 Å². The van der Waals surface area contributed by atoms with Crippen LogP contribution in [-0.4, -0.2) is 28.1 Å². The minimum Gasteiger partial charge on any atom is -0.507 e. The first-order chi connectivity index (χ1) is 8.15. The molecule has 0 spiro atoms. The standard InChI is InChI=1S/C10H8ClN3O2S/c11-7-2-1-6(8(15)3-7)4-12-10-14-13-9(16)5-17-10/h1-4,15H,5H2,(H,13,16). The predicted octanol–water partition coefficient (Wildman–Crippen LogP) is 1.60. The molecule has 7 heteroatoms. The molecule has 0 radical (unpaired) electrons. The first kappa shape index (κ1) is 11.9. The number of hydrazone groups is 1. The van der Waals surface area contributed by atoms with Gasteiger partial charge in [-0.2, -0.15) is 0 Å². The van der Waals surface area contributed by atoms with Crippen molar-refractivity contribution in [3.8, 4) is 5.75 Å². The van der Waals surface area contributed by atoms with Crippen molar-refractivity contribution in [3.63, 3.8) is 0 Å². The van der Waals surface area contributed by atoms with Gasteiger partial charge >= 0.3 is 0 Å². The van der Waals surface area contributed by atoms with Gasteiger partial charge in [-0.05, 0) is 18.2 Å². The Labute approximate surface area is 107 Å². The molecule has 0 fully saturated rings. The third kappa shape index (κ3) is 3.21. The van der Waals surface area contributed by atoms with E-state index in [1.165, 1.54) is 24.0 Å². The van der Waals surface area contributed by atoms with Crippen LogP contribution in [0.5, 0.6) is 5.75 Å². The van der Waals surface area contributed by atoms with Crippen molar-refractivity contribution < 1.29 is 9.90 Å². The normalized spacial score (nSPS) is 15.8. The Morgan fingerprint density at radius 3 is 3.06 bits per heavy atom. The molecule has 2 N–H and O–H groups in total. The highest BCUT2D eigenvalue weighted by Gasteiger charge is 2.10. The zero-order chi connectivity index (χ0) is 12.3. The van der Waals surface area contributed by atoms with Crippen molar-refractivity contribution in [1.29, 1.82) is 0 Å². The number of amides is 1. The van der Waals surface area contributed by atoms with Crippen LogP contribution in [0.4, 0.5) is 0 Å². The van der Waals surface area contributed by atoms with Gasteiger partial charge in [0, 0.05) is 16.8 Å². The maximum absolute atomic E-state index is 10.8. The number of thioether (sulfide) groups is 1. The first-order valence-corrected chi connectivity index (χ1v) is 6.03. The molecule has 0 atom stereocenters. The summed E-state index contributed by atoms with van der Waals surface area (Å²) in [5, 5.41) is 14.2. The largest absolute Gasteiger partial charge is 0.507 e. The lowest BCUT2D eigenvalue weighted by atomic mass is 10.2. The van der Waals surface area contributed by atoms with Crippen LogP contribution < -0.4 is 5.43 Å². The summed E-state index contributed by atoms with van der Waals surface area (Å²) < 4.78 is 0. The molecule has 0 bridgehead atoms. The molecule has 0 aliphatic carbocycles. The van der Waals surface area contributed by atoms with Crippen molar-refractivity contribution in [3.05, 3.63) is 28.8 Å². The third-order valence-electron chi connectivity index (χ3n) is 1.92. The molecule has 1 aliphatic heterocycles. The second-order valence-corrected chi connectivity index (χ2v) is 4.56. The number of rotatable bonds is 1.